The van der Waals surface area contributed by atoms with Gasteiger partial charge in [0.2, 0.25) is 0 Å². The van der Waals surface area contributed by atoms with Gasteiger partial charge in [-0.1, -0.05) is 48.5 Å². The van der Waals surface area contributed by atoms with E-state index in [-0.39, 0.29) is 5.56 Å². The molecule has 28 heavy (non-hydrogen) atoms. The summed E-state index contributed by atoms with van der Waals surface area (Å²) >= 11 is 0. The van der Waals surface area contributed by atoms with Crippen molar-refractivity contribution in [2.45, 2.75) is 6.54 Å². The molecule has 0 aliphatic heterocycles. The van der Waals surface area contributed by atoms with E-state index in [9.17, 15) is 4.79 Å². The van der Waals surface area contributed by atoms with E-state index in [1.807, 2.05) is 65.3 Å². The molecule has 0 bridgehead atoms. The van der Waals surface area contributed by atoms with Gasteiger partial charge in [0.05, 0.1) is 17.8 Å². The Labute approximate surface area is 162 Å². The summed E-state index contributed by atoms with van der Waals surface area (Å²) in [5.41, 5.74) is 2.94. The molecule has 4 aromatic rings. The van der Waals surface area contributed by atoms with Crippen molar-refractivity contribution in [1.29, 1.82) is 0 Å². The van der Waals surface area contributed by atoms with Gasteiger partial charge in [-0.05, 0) is 36.4 Å². The first-order valence-corrected chi connectivity index (χ1v) is 8.85. The van der Waals surface area contributed by atoms with Crippen LogP contribution in [0, 0.1) is 0 Å². The highest BCUT2D eigenvalue weighted by molar-refractivity contribution is 5.88. The van der Waals surface area contributed by atoms with Crippen LogP contribution in [0.1, 0.15) is 16.2 Å². The molecule has 0 saturated carbocycles. The molecule has 2 N–H and O–H groups in total. The zero-order chi connectivity index (χ0) is 19.3. The molecular formula is C22H18N4O2. The molecule has 0 fully saturated rings. The fourth-order valence-electron chi connectivity index (χ4n) is 2.86. The Kier molecular flexibility index (Phi) is 4.84. The van der Waals surface area contributed by atoms with Gasteiger partial charge in [-0.2, -0.15) is 0 Å². The summed E-state index contributed by atoms with van der Waals surface area (Å²) in [6.07, 6.45) is 0. The Hall–Kier alpha value is -3.93. The van der Waals surface area contributed by atoms with Crippen LogP contribution in [0.4, 0.5) is 5.69 Å². The number of anilines is 1. The van der Waals surface area contributed by atoms with Crippen molar-refractivity contribution < 1.29 is 9.90 Å². The zero-order valence-electron chi connectivity index (χ0n) is 15.0. The van der Waals surface area contributed by atoms with Crippen molar-refractivity contribution in [3.05, 3.63) is 96.3 Å². The van der Waals surface area contributed by atoms with Gasteiger partial charge in [-0.15, -0.1) is 5.10 Å². The SMILES string of the molecule is O=C(O)c1ccc(NCc2nc(-c3ccccc3)nn2-c2ccccc2)cc1. The number of benzene rings is 3. The quantitative estimate of drug-likeness (QED) is 0.530. The Morgan fingerprint density at radius 3 is 2.18 bits per heavy atom. The largest absolute Gasteiger partial charge is 0.478 e. The molecule has 0 aliphatic carbocycles. The number of aromatic carboxylic acids is 1. The topological polar surface area (TPSA) is 80.0 Å². The predicted molar refractivity (Wildman–Crippen MR) is 108 cm³/mol. The molecule has 138 valence electrons. The molecule has 1 heterocycles. The van der Waals surface area contributed by atoms with Crippen LogP contribution in [0.15, 0.2) is 84.9 Å². The van der Waals surface area contributed by atoms with Crippen molar-refractivity contribution >= 4 is 11.7 Å². The van der Waals surface area contributed by atoms with E-state index in [2.05, 4.69) is 10.4 Å². The van der Waals surface area contributed by atoms with Crippen LogP contribution >= 0.6 is 0 Å². The van der Waals surface area contributed by atoms with Crippen molar-refractivity contribution in [2.24, 2.45) is 0 Å². The van der Waals surface area contributed by atoms with Crippen molar-refractivity contribution in [3.63, 3.8) is 0 Å². The van der Waals surface area contributed by atoms with Crippen LogP contribution < -0.4 is 5.32 Å². The Bertz CT molecular complexity index is 1070. The number of hydrogen-bond acceptors (Lipinski definition) is 4. The maximum atomic E-state index is 11.0. The highest BCUT2D eigenvalue weighted by Crippen LogP contribution is 2.19. The minimum absolute atomic E-state index is 0.254. The van der Waals surface area contributed by atoms with E-state index in [1.54, 1.807) is 24.3 Å². The molecule has 0 radical (unpaired) electrons. The fraction of sp³-hybridized carbons (Fsp3) is 0.0455. The van der Waals surface area contributed by atoms with E-state index in [4.69, 9.17) is 10.1 Å². The summed E-state index contributed by atoms with van der Waals surface area (Å²) in [7, 11) is 0. The lowest BCUT2D eigenvalue weighted by molar-refractivity contribution is 0.0697. The summed E-state index contributed by atoms with van der Waals surface area (Å²) in [6, 6.07) is 26.3. The minimum atomic E-state index is -0.942. The van der Waals surface area contributed by atoms with E-state index in [1.165, 1.54) is 0 Å². The first kappa shape index (κ1) is 17.5. The van der Waals surface area contributed by atoms with Gasteiger partial charge in [0.15, 0.2) is 11.6 Å². The Balaban J connectivity index is 1.63. The third-order valence-electron chi connectivity index (χ3n) is 4.29. The third-order valence-corrected chi connectivity index (χ3v) is 4.29. The van der Waals surface area contributed by atoms with Crippen LogP contribution in [0.5, 0.6) is 0 Å². The fourth-order valence-corrected chi connectivity index (χ4v) is 2.86. The Morgan fingerprint density at radius 2 is 1.54 bits per heavy atom. The summed E-state index contributed by atoms with van der Waals surface area (Å²) in [4.78, 5) is 15.7. The molecule has 0 saturated heterocycles. The second-order valence-corrected chi connectivity index (χ2v) is 6.20. The summed E-state index contributed by atoms with van der Waals surface area (Å²) in [5, 5.41) is 17.0. The number of hydrogen-bond donors (Lipinski definition) is 2. The molecule has 0 amide bonds. The number of carboxylic acid groups (broad SMARTS) is 1. The van der Waals surface area contributed by atoms with Crippen LogP contribution in [0.2, 0.25) is 0 Å². The summed E-state index contributed by atoms with van der Waals surface area (Å²) in [5.74, 6) is 0.470. The molecule has 6 heteroatoms. The molecule has 1 aromatic heterocycles. The van der Waals surface area contributed by atoms with Gasteiger partial charge in [0.25, 0.3) is 0 Å². The maximum absolute atomic E-state index is 11.0. The lowest BCUT2D eigenvalue weighted by Crippen LogP contribution is -2.08. The van der Waals surface area contributed by atoms with Crippen molar-refractivity contribution in [2.75, 3.05) is 5.32 Å². The first-order valence-electron chi connectivity index (χ1n) is 8.85. The maximum Gasteiger partial charge on any atom is 0.335 e. The smallest absolute Gasteiger partial charge is 0.335 e. The highest BCUT2D eigenvalue weighted by atomic mass is 16.4. The predicted octanol–water partition coefficient (Wildman–Crippen LogP) is 4.24. The van der Waals surface area contributed by atoms with Gasteiger partial charge in [0.1, 0.15) is 0 Å². The number of carbonyl (C=O) groups is 1. The van der Waals surface area contributed by atoms with Crippen LogP contribution in [0.3, 0.4) is 0 Å². The normalized spacial score (nSPS) is 10.6. The van der Waals surface area contributed by atoms with Gasteiger partial charge >= 0.3 is 5.97 Å². The summed E-state index contributed by atoms with van der Waals surface area (Å²) < 4.78 is 1.82. The second-order valence-electron chi connectivity index (χ2n) is 6.20. The van der Waals surface area contributed by atoms with Crippen molar-refractivity contribution in [3.8, 4) is 17.1 Å². The average Bonchev–Trinajstić information content (AvgIpc) is 3.18. The van der Waals surface area contributed by atoms with Crippen LogP contribution in [-0.2, 0) is 6.54 Å². The number of para-hydroxylation sites is 1. The van der Waals surface area contributed by atoms with Gasteiger partial charge < -0.3 is 10.4 Å². The standard InChI is InChI=1S/C22H18N4O2/c27-22(28)17-11-13-18(14-12-17)23-15-20-24-21(16-7-3-1-4-8-16)25-26(20)19-9-5-2-6-10-19/h1-14,23H,15H2,(H,27,28). The van der Waals surface area contributed by atoms with Gasteiger partial charge in [-0.25, -0.2) is 14.5 Å². The number of nitrogens with one attached hydrogen (secondary N) is 1. The zero-order valence-corrected chi connectivity index (χ0v) is 15.0. The minimum Gasteiger partial charge on any atom is -0.478 e. The molecule has 4 rings (SSSR count). The highest BCUT2D eigenvalue weighted by Gasteiger charge is 2.13. The molecule has 3 aromatic carbocycles. The Morgan fingerprint density at radius 1 is 0.893 bits per heavy atom. The number of carboxylic acids is 1. The van der Waals surface area contributed by atoms with E-state index < -0.39 is 5.97 Å². The monoisotopic (exact) mass is 370 g/mol. The summed E-state index contributed by atoms with van der Waals surface area (Å²) in [6.45, 7) is 0.446. The third kappa shape index (κ3) is 3.76. The average molecular weight is 370 g/mol. The lowest BCUT2D eigenvalue weighted by atomic mass is 10.2. The van der Waals surface area contributed by atoms with E-state index in [0.717, 1.165) is 22.8 Å². The number of aromatic nitrogens is 3. The van der Waals surface area contributed by atoms with Crippen LogP contribution in [0.25, 0.3) is 17.1 Å². The van der Waals surface area contributed by atoms with Gasteiger partial charge in [0, 0.05) is 11.3 Å². The van der Waals surface area contributed by atoms with E-state index in [0.29, 0.717) is 12.4 Å². The molecule has 0 spiro atoms. The number of rotatable bonds is 6. The van der Waals surface area contributed by atoms with Gasteiger partial charge in [-0.3, -0.25) is 0 Å². The first-order chi connectivity index (χ1) is 13.7. The van der Waals surface area contributed by atoms with E-state index >= 15 is 0 Å². The molecule has 6 nitrogen and oxygen atoms in total. The molecule has 0 aliphatic rings. The molecule has 0 unspecified atom stereocenters. The second kappa shape index (κ2) is 7.75. The van der Waals surface area contributed by atoms with Crippen LogP contribution in [-0.4, -0.2) is 25.8 Å². The van der Waals surface area contributed by atoms with Crippen molar-refractivity contribution in [1.82, 2.24) is 14.8 Å². The molecule has 0 atom stereocenters. The lowest BCUT2D eigenvalue weighted by Gasteiger charge is -2.08. The molecular weight excluding hydrogens is 352 g/mol. The number of nitrogens with zero attached hydrogens (tertiary/aromatic N) is 3.